The van der Waals surface area contributed by atoms with Crippen molar-refractivity contribution >= 4 is 23.5 Å². The summed E-state index contributed by atoms with van der Waals surface area (Å²) in [4.78, 5) is 12.6. The van der Waals surface area contributed by atoms with E-state index in [4.69, 9.17) is 21.8 Å². The molecule has 2 N–H and O–H groups in total. The average molecular weight is 247 g/mol. The van der Waals surface area contributed by atoms with E-state index in [2.05, 4.69) is 10.2 Å². The first kappa shape index (κ1) is 12.8. The van der Waals surface area contributed by atoms with Gasteiger partial charge in [-0.1, -0.05) is 18.9 Å². The molecule has 0 atom stereocenters. The number of rotatable bonds is 6. The summed E-state index contributed by atoms with van der Waals surface area (Å²) in [5, 5.41) is 7.54. The lowest BCUT2D eigenvalue weighted by molar-refractivity contribution is -0.116. The van der Waals surface area contributed by atoms with Gasteiger partial charge in [0.15, 0.2) is 0 Å². The average Bonchev–Trinajstić information content (AvgIpc) is 2.63. The molecule has 0 saturated heterocycles. The Bertz CT molecular complexity index is 353. The number of primary amides is 1. The molecule has 16 heavy (non-hydrogen) atoms. The molecule has 0 radical (unpaired) electrons. The van der Waals surface area contributed by atoms with E-state index in [1.807, 2.05) is 13.8 Å². The summed E-state index contributed by atoms with van der Waals surface area (Å²) >= 11 is 5.55. The third kappa shape index (κ3) is 3.69. The molecular weight excluding hydrogens is 232 g/mol. The second kappa shape index (κ2) is 5.69. The number of carbonyl (C=O) groups excluding carboxylic acids is 1. The van der Waals surface area contributed by atoms with Crippen LogP contribution in [0.4, 0.5) is 6.01 Å². The Morgan fingerprint density at radius 3 is 2.69 bits per heavy atom. The number of anilines is 1. The van der Waals surface area contributed by atoms with Gasteiger partial charge in [0.2, 0.25) is 11.8 Å². The molecule has 1 aromatic heterocycles. The van der Waals surface area contributed by atoms with Crippen LogP contribution in [-0.4, -0.2) is 29.2 Å². The first-order valence-corrected chi connectivity index (χ1v) is 5.48. The number of aromatic nitrogens is 2. The molecule has 1 amide bonds. The summed E-state index contributed by atoms with van der Waals surface area (Å²) in [5.74, 6) is 0.394. The van der Waals surface area contributed by atoms with E-state index in [1.165, 1.54) is 0 Å². The summed E-state index contributed by atoms with van der Waals surface area (Å²) in [6.07, 6.45) is 0. The normalized spacial score (nSPS) is 10.8. The molecule has 0 fully saturated rings. The van der Waals surface area contributed by atoms with Gasteiger partial charge >= 0.3 is 6.01 Å². The fraction of sp³-hybridized carbons (Fsp3) is 0.667. The first-order chi connectivity index (χ1) is 7.52. The van der Waals surface area contributed by atoms with E-state index >= 15 is 0 Å². The molecule has 6 nitrogen and oxygen atoms in total. The summed E-state index contributed by atoms with van der Waals surface area (Å²) in [6.45, 7) is 4.72. The number of carbonyl (C=O) groups is 1. The SMILES string of the molecule is CC(C)CN(CC(N)=O)c1nnc(CCl)o1. The maximum atomic E-state index is 10.9. The van der Waals surface area contributed by atoms with Crippen LogP contribution in [0.1, 0.15) is 19.7 Å². The Kier molecular flexibility index (Phi) is 4.54. The standard InChI is InChI=1S/C9H15ClN4O2/c1-6(2)4-14(5-7(11)15)9-13-12-8(3-10)16-9/h6H,3-5H2,1-2H3,(H2,11,15). The second-order valence-electron chi connectivity index (χ2n) is 3.85. The van der Waals surface area contributed by atoms with Crippen LogP contribution in [0.15, 0.2) is 4.42 Å². The molecule has 0 aliphatic heterocycles. The maximum Gasteiger partial charge on any atom is 0.318 e. The van der Waals surface area contributed by atoms with Gasteiger partial charge in [-0.05, 0) is 5.92 Å². The predicted octanol–water partition coefficient (Wildman–Crippen LogP) is 0.756. The smallest absolute Gasteiger partial charge is 0.318 e. The number of hydrogen-bond donors (Lipinski definition) is 1. The van der Waals surface area contributed by atoms with Gasteiger partial charge in [0.25, 0.3) is 0 Å². The highest BCUT2D eigenvalue weighted by molar-refractivity contribution is 6.16. The molecule has 0 aromatic carbocycles. The van der Waals surface area contributed by atoms with Crippen molar-refractivity contribution in [2.45, 2.75) is 19.7 Å². The number of alkyl halides is 1. The van der Waals surface area contributed by atoms with Gasteiger partial charge in [0.05, 0.1) is 0 Å². The van der Waals surface area contributed by atoms with Crippen molar-refractivity contribution in [1.29, 1.82) is 0 Å². The highest BCUT2D eigenvalue weighted by Crippen LogP contribution is 2.14. The van der Waals surface area contributed by atoms with Crippen LogP contribution < -0.4 is 10.6 Å². The van der Waals surface area contributed by atoms with Crippen molar-refractivity contribution in [2.24, 2.45) is 11.7 Å². The summed E-state index contributed by atoms with van der Waals surface area (Å²) in [7, 11) is 0. The zero-order valence-corrected chi connectivity index (χ0v) is 10.1. The van der Waals surface area contributed by atoms with E-state index in [1.54, 1.807) is 4.90 Å². The van der Waals surface area contributed by atoms with Crippen molar-refractivity contribution in [3.05, 3.63) is 5.89 Å². The van der Waals surface area contributed by atoms with Crippen molar-refractivity contribution in [1.82, 2.24) is 10.2 Å². The number of nitrogens with two attached hydrogens (primary N) is 1. The van der Waals surface area contributed by atoms with Gasteiger partial charge in [0, 0.05) is 6.54 Å². The Morgan fingerprint density at radius 1 is 1.56 bits per heavy atom. The minimum atomic E-state index is -0.439. The fourth-order valence-corrected chi connectivity index (χ4v) is 1.37. The van der Waals surface area contributed by atoms with Gasteiger partial charge in [-0.2, -0.15) is 0 Å². The van der Waals surface area contributed by atoms with E-state index in [0.29, 0.717) is 18.4 Å². The zero-order valence-electron chi connectivity index (χ0n) is 9.31. The molecule has 1 heterocycles. The van der Waals surface area contributed by atoms with Gasteiger partial charge in [-0.3, -0.25) is 4.79 Å². The summed E-state index contributed by atoms with van der Waals surface area (Å²) in [5.41, 5.74) is 5.15. The Balaban J connectivity index is 2.78. The molecule has 0 saturated carbocycles. The number of amides is 1. The lowest BCUT2D eigenvalue weighted by Gasteiger charge is -2.20. The van der Waals surface area contributed by atoms with Gasteiger partial charge < -0.3 is 15.1 Å². The second-order valence-corrected chi connectivity index (χ2v) is 4.12. The molecule has 0 spiro atoms. The predicted molar refractivity (Wildman–Crippen MR) is 60.1 cm³/mol. The van der Waals surface area contributed by atoms with Gasteiger partial charge in [-0.15, -0.1) is 16.7 Å². The Labute approximate surface area is 98.8 Å². The quantitative estimate of drug-likeness (QED) is 0.749. The third-order valence-corrected chi connectivity index (χ3v) is 2.00. The van der Waals surface area contributed by atoms with Crippen LogP contribution in [0.2, 0.25) is 0 Å². The van der Waals surface area contributed by atoms with Crippen molar-refractivity contribution in [2.75, 3.05) is 18.0 Å². The minimum Gasteiger partial charge on any atom is -0.407 e. The molecule has 0 bridgehead atoms. The van der Waals surface area contributed by atoms with E-state index in [-0.39, 0.29) is 18.4 Å². The lowest BCUT2D eigenvalue weighted by Crippen LogP contribution is -2.36. The van der Waals surface area contributed by atoms with E-state index < -0.39 is 5.91 Å². The Morgan fingerprint density at radius 2 is 2.25 bits per heavy atom. The van der Waals surface area contributed by atoms with Gasteiger partial charge in [-0.25, -0.2) is 0 Å². The fourth-order valence-electron chi connectivity index (χ4n) is 1.27. The van der Waals surface area contributed by atoms with Crippen LogP contribution in [0.3, 0.4) is 0 Å². The van der Waals surface area contributed by atoms with Crippen molar-refractivity contribution in [3.8, 4) is 0 Å². The maximum absolute atomic E-state index is 10.9. The third-order valence-electron chi connectivity index (χ3n) is 1.77. The topological polar surface area (TPSA) is 85.2 Å². The highest BCUT2D eigenvalue weighted by Gasteiger charge is 2.17. The molecule has 0 aliphatic carbocycles. The van der Waals surface area contributed by atoms with Crippen LogP contribution in [0, 0.1) is 5.92 Å². The molecule has 0 unspecified atom stereocenters. The number of halogens is 1. The zero-order chi connectivity index (χ0) is 12.1. The lowest BCUT2D eigenvalue weighted by atomic mass is 10.2. The molecule has 0 aliphatic rings. The highest BCUT2D eigenvalue weighted by atomic mass is 35.5. The van der Waals surface area contributed by atoms with Crippen LogP contribution in [0.5, 0.6) is 0 Å². The molecule has 1 aromatic rings. The Hall–Kier alpha value is -1.30. The minimum absolute atomic E-state index is 0.0576. The molecule has 7 heteroatoms. The van der Waals surface area contributed by atoms with E-state index in [0.717, 1.165) is 0 Å². The van der Waals surface area contributed by atoms with E-state index in [9.17, 15) is 4.79 Å². The van der Waals surface area contributed by atoms with Crippen LogP contribution >= 0.6 is 11.6 Å². The number of nitrogens with zero attached hydrogens (tertiary/aromatic N) is 3. The summed E-state index contributed by atoms with van der Waals surface area (Å²) in [6, 6.07) is 0.281. The van der Waals surface area contributed by atoms with Crippen LogP contribution in [0.25, 0.3) is 0 Å². The molecular formula is C9H15ClN4O2. The largest absolute Gasteiger partial charge is 0.407 e. The number of hydrogen-bond acceptors (Lipinski definition) is 5. The van der Waals surface area contributed by atoms with Crippen molar-refractivity contribution < 1.29 is 9.21 Å². The molecule has 1 rings (SSSR count). The molecule has 90 valence electrons. The van der Waals surface area contributed by atoms with Crippen molar-refractivity contribution in [3.63, 3.8) is 0 Å². The van der Waals surface area contributed by atoms with Crippen LogP contribution in [-0.2, 0) is 10.7 Å². The first-order valence-electron chi connectivity index (χ1n) is 4.94. The van der Waals surface area contributed by atoms with Gasteiger partial charge in [0.1, 0.15) is 12.4 Å². The monoisotopic (exact) mass is 246 g/mol. The summed E-state index contributed by atoms with van der Waals surface area (Å²) < 4.78 is 5.26.